The van der Waals surface area contributed by atoms with Crippen LogP contribution in [0.3, 0.4) is 0 Å². The zero-order valence-corrected chi connectivity index (χ0v) is 13.8. The summed E-state index contributed by atoms with van der Waals surface area (Å²) in [6.45, 7) is 0. The molecule has 2 unspecified atom stereocenters. The summed E-state index contributed by atoms with van der Waals surface area (Å²) in [6, 6.07) is 7.12. The summed E-state index contributed by atoms with van der Waals surface area (Å²) in [5.74, 6) is -0.247. The van der Waals surface area contributed by atoms with E-state index in [4.69, 9.17) is 4.74 Å². The van der Waals surface area contributed by atoms with E-state index in [0.29, 0.717) is 12.1 Å². The number of ether oxygens (including phenoxy) is 1. The molecule has 2 saturated heterocycles. The van der Waals surface area contributed by atoms with Gasteiger partial charge in [0, 0.05) is 24.2 Å². The second kappa shape index (κ2) is 7.27. The number of nitro groups is 1. The number of carbonyl (C=O) groups excluding carboxylic acids is 1. The Balaban J connectivity index is 0.00000192. The van der Waals surface area contributed by atoms with Gasteiger partial charge in [-0.25, -0.2) is 0 Å². The van der Waals surface area contributed by atoms with Gasteiger partial charge in [0.1, 0.15) is 6.10 Å². The first kappa shape index (κ1) is 17.7. The molecule has 0 amide bonds. The molecule has 0 radical (unpaired) electrons. The van der Waals surface area contributed by atoms with Gasteiger partial charge in [0.15, 0.2) is 0 Å². The van der Waals surface area contributed by atoms with Crippen molar-refractivity contribution in [2.24, 2.45) is 0 Å². The first-order valence-corrected chi connectivity index (χ1v) is 7.67. The number of halogens is 1. The molecule has 2 aliphatic rings. The summed E-state index contributed by atoms with van der Waals surface area (Å²) >= 11 is 0. The number of carbonyl (C=O) groups is 1. The van der Waals surface area contributed by atoms with Gasteiger partial charge in [-0.3, -0.25) is 14.9 Å². The van der Waals surface area contributed by atoms with E-state index in [-0.39, 0.29) is 36.6 Å². The highest BCUT2D eigenvalue weighted by Crippen LogP contribution is 2.35. The molecule has 23 heavy (non-hydrogen) atoms. The quantitative estimate of drug-likeness (QED) is 0.478. The van der Waals surface area contributed by atoms with Crippen molar-refractivity contribution in [3.8, 4) is 0 Å². The predicted molar refractivity (Wildman–Crippen MR) is 87.7 cm³/mol. The first-order valence-electron chi connectivity index (χ1n) is 7.67. The minimum absolute atomic E-state index is 0. The molecule has 1 aromatic carbocycles. The maximum atomic E-state index is 12.0. The smallest absolute Gasteiger partial charge is 0.310 e. The number of hydrogen-bond acceptors (Lipinski definition) is 5. The normalized spacial score (nSPS) is 26.4. The van der Waals surface area contributed by atoms with Gasteiger partial charge >= 0.3 is 5.97 Å². The van der Waals surface area contributed by atoms with Crippen LogP contribution < -0.4 is 0 Å². The molecule has 0 saturated carbocycles. The molecule has 126 valence electrons. The largest absolute Gasteiger partial charge is 0.462 e. The third-order valence-corrected chi connectivity index (χ3v) is 4.85. The van der Waals surface area contributed by atoms with Crippen LogP contribution in [0.15, 0.2) is 24.3 Å². The Bertz CT molecular complexity index is 564. The van der Waals surface area contributed by atoms with Crippen molar-refractivity contribution in [2.45, 2.75) is 50.3 Å². The number of non-ortho nitro benzene ring substituents is 1. The van der Waals surface area contributed by atoms with Crippen LogP contribution in [0.25, 0.3) is 0 Å². The van der Waals surface area contributed by atoms with Crippen molar-refractivity contribution in [3.05, 3.63) is 39.9 Å². The Morgan fingerprint density at radius 3 is 2.35 bits per heavy atom. The number of nitrogens with zero attached hydrogens (tertiary/aromatic N) is 2. The summed E-state index contributed by atoms with van der Waals surface area (Å²) in [5, 5.41) is 10.6. The van der Waals surface area contributed by atoms with Crippen molar-refractivity contribution < 1.29 is 14.5 Å². The van der Waals surface area contributed by atoms with Gasteiger partial charge in [0.2, 0.25) is 0 Å². The molecule has 6 nitrogen and oxygen atoms in total. The Morgan fingerprint density at radius 1 is 1.26 bits per heavy atom. The summed E-state index contributed by atoms with van der Waals surface area (Å²) in [6.07, 6.45) is 4.39. The van der Waals surface area contributed by atoms with Gasteiger partial charge in [-0.2, -0.15) is 0 Å². The standard InChI is InChI=1S/C16H20N2O4.ClH/c1-17-13-6-7-14(17)10-15(9-13)22-16(19)8-11-2-4-12(5-3-11)18(20)21;/h2-5,13-15H,6-10H2,1H3;1H. The second-order valence-electron chi connectivity index (χ2n) is 6.23. The van der Waals surface area contributed by atoms with Crippen LogP contribution in [-0.4, -0.2) is 41.0 Å². The SMILES string of the molecule is CN1C2CCC1CC(OC(=O)Cc1ccc([N+](=O)[O-])cc1)C2.Cl. The third-order valence-electron chi connectivity index (χ3n) is 4.85. The minimum atomic E-state index is -0.448. The first-order chi connectivity index (χ1) is 10.5. The molecule has 3 rings (SSSR count). The maximum Gasteiger partial charge on any atom is 0.310 e. The van der Waals surface area contributed by atoms with Crippen molar-refractivity contribution in [3.63, 3.8) is 0 Å². The lowest BCUT2D eigenvalue weighted by Crippen LogP contribution is -2.43. The van der Waals surface area contributed by atoms with E-state index in [1.54, 1.807) is 12.1 Å². The Hall–Kier alpha value is -1.66. The highest BCUT2D eigenvalue weighted by molar-refractivity contribution is 5.85. The zero-order chi connectivity index (χ0) is 15.7. The molecule has 0 N–H and O–H groups in total. The number of nitro benzene ring substituents is 1. The predicted octanol–water partition coefficient (Wildman–Crippen LogP) is 2.73. The number of piperidine rings is 1. The molecular weight excluding hydrogens is 320 g/mol. The lowest BCUT2D eigenvalue weighted by molar-refractivity contribution is -0.384. The van der Waals surface area contributed by atoms with Crippen molar-refractivity contribution >= 4 is 24.1 Å². The van der Waals surface area contributed by atoms with E-state index in [0.717, 1.165) is 18.4 Å². The van der Waals surface area contributed by atoms with Crippen LogP contribution in [0.5, 0.6) is 0 Å². The van der Waals surface area contributed by atoms with E-state index in [2.05, 4.69) is 11.9 Å². The average Bonchev–Trinajstić information content (AvgIpc) is 2.70. The van der Waals surface area contributed by atoms with E-state index in [1.165, 1.54) is 25.0 Å². The lowest BCUT2D eigenvalue weighted by atomic mass is 10.0. The van der Waals surface area contributed by atoms with E-state index in [9.17, 15) is 14.9 Å². The topological polar surface area (TPSA) is 72.7 Å². The molecule has 0 aromatic heterocycles. The summed E-state index contributed by atoms with van der Waals surface area (Å²) in [7, 11) is 2.15. The van der Waals surface area contributed by atoms with Crippen molar-refractivity contribution in [1.29, 1.82) is 0 Å². The monoisotopic (exact) mass is 340 g/mol. The number of esters is 1. The summed E-state index contributed by atoms with van der Waals surface area (Å²) < 4.78 is 5.60. The third kappa shape index (κ3) is 4.00. The number of fused-ring (bicyclic) bond motifs is 2. The average molecular weight is 341 g/mol. The highest BCUT2D eigenvalue weighted by Gasteiger charge is 2.39. The number of benzene rings is 1. The van der Waals surface area contributed by atoms with Gasteiger partial charge < -0.3 is 9.64 Å². The Morgan fingerprint density at radius 2 is 1.83 bits per heavy atom. The van der Waals surface area contributed by atoms with Gasteiger partial charge in [0.05, 0.1) is 11.3 Å². The van der Waals surface area contributed by atoms with Gasteiger partial charge in [0.25, 0.3) is 5.69 Å². The van der Waals surface area contributed by atoms with Crippen LogP contribution in [0.4, 0.5) is 5.69 Å². The molecule has 2 aliphatic heterocycles. The highest BCUT2D eigenvalue weighted by atomic mass is 35.5. The van der Waals surface area contributed by atoms with Gasteiger partial charge in [-0.15, -0.1) is 12.4 Å². The van der Waals surface area contributed by atoms with Crippen molar-refractivity contribution in [1.82, 2.24) is 4.90 Å². The molecule has 2 bridgehead atoms. The molecule has 0 aliphatic carbocycles. The number of hydrogen-bond donors (Lipinski definition) is 0. The molecule has 2 atom stereocenters. The van der Waals surface area contributed by atoms with E-state index < -0.39 is 4.92 Å². The number of rotatable bonds is 4. The maximum absolute atomic E-state index is 12.0. The zero-order valence-electron chi connectivity index (χ0n) is 13.0. The fraction of sp³-hybridized carbons (Fsp3) is 0.562. The van der Waals surface area contributed by atoms with E-state index in [1.807, 2.05) is 0 Å². The fourth-order valence-electron chi connectivity index (χ4n) is 3.59. The minimum Gasteiger partial charge on any atom is -0.462 e. The lowest BCUT2D eigenvalue weighted by Gasteiger charge is -2.35. The van der Waals surface area contributed by atoms with Crippen molar-refractivity contribution in [2.75, 3.05) is 7.05 Å². The summed E-state index contributed by atoms with van der Waals surface area (Å²) in [5.41, 5.74) is 0.774. The second-order valence-corrected chi connectivity index (χ2v) is 6.23. The molecular formula is C16H21ClN2O4. The molecule has 0 spiro atoms. The molecule has 2 fully saturated rings. The summed E-state index contributed by atoms with van der Waals surface area (Å²) in [4.78, 5) is 24.6. The Kier molecular flexibility index (Phi) is 5.59. The van der Waals surface area contributed by atoms with Crippen LogP contribution in [0.2, 0.25) is 0 Å². The molecule has 2 heterocycles. The fourth-order valence-corrected chi connectivity index (χ4v) is 3.59. The van der Waals surface area contributed by atoms with Crippen LogP contribution >= 0.6 is 12.4 Å². The van der Waals surface area contributed by atoms with Crippen LogP contribution in [0.1, 0.15) is 31.2 Å². The molecule has 1 aromatic rings. The molecule has 7 heteroatoms. The van der Waals surface area contributed by atoms with Gasteiger partial charge in [-0.05, 0) is 38.3 Å². The van der Waals surface area contributed by atoms with E-state index >= 15 is 0 Å². The van der Waals surface area contributed by atoms with Gasteiger partial charge in [-0.1, -0.05) is 12.1 Å². The van der Waals surface area contributed by atoms with Crippen LogP contribution in [-0.2, 0) is 16.0 Å². The Labute approximate surface area is 141 Å². The van der Waals surface area contributed by atoms with Crippen LogP contribution in [0, 0.1) is 10.1 Å².